The molecular formula is C16H16BrFN2O. The quantitative estimate of drug-likeness (QED) is 0.856. The number of hydrogen-bond donors (Lipinski definition) is 1. The fourth-order valence-corrected chi connectivity index (χ4v) is 2.46. The van der Waals surface area contributed by atoms with Crippen LogP contribution in [-0.2, 0) is 6.54 Å². The first kappa shape index (κ1) is 15.5. The summed E-state index contributed by atoms with van der Waals surface area (Å²) in [6.07, 6.45) is 0. The van der Waals surface area contributed by atoms with Crippen LogP contribution in [0, 0.1) is 12.7 Å². The summed E-state index contributed by atoms with van der Waals surface area (Å²) >= 11 is 3.20. The largest absolute Gasteiger partial charge is 0.396 e. The van der Waals surface area contributed by atoms with E-state index in [0.29, 0.717) is 16.6 Å². The van der Waals surface area contributed by atoms with Gasteiger partial charge in [-0.25, -0.2) is 4.39 Å². The van der Waals surface area contributed by atoms with Gasteiger partial charge in [0.15, 0.2) is 0 Å². The van der Waals surface area contributed by atoms with E-state index in [1.807, 2.05) is 31.2 Å². The molecule has 0 aliphatic heterocycles. The molecule has 0 aliphatic carbocycles. The Bertz CT molecular complexity index is 671. The normalized spacial score (nSPS) is 10.5. The third-order valence-corrected chi connectivity index (χ3v) is 3.86. The first-order valence-electron chi connectivity index (χ1n) is 6.44. The van der Waals surface area contributed by atoms with E-state index in [2.05, 4.69) is 15.9 Å². The molecule has 2 aromatic rings. The molecule has 0 radical (unpaired) electrons. The number of carbonyl (C=O) groups is 1. The van der Waals surface area contributed by atoms with Crippen LogP contribution in [0.1, 0.15) is 21.5 Å². The van der Waals surface area contributed by atoms with Crippen molar-refractivity contribution < 1.29 is 9.18 Å². The van der Waals surface area contributed by atoms with E-state index in [1.54, 1.807) is 11.9 Å². The van der Waals surface area contributed by atoms with Crippen LogP contribution >= 0.6 is 15.9 Å². The van der Waals surface area contributed by atoms with Gasteiger partial charge in [0.1, 0.15) is 5.82 Å². The van der Waals surface area contributed by atoms with E-state index in [0.717, 1.165) is 5.56 Å². The number of anilines is 1. The highest BCUT2D eigenvalue weighted by atomic mass is 79.9. The third-order valence-electron chi connectivity index (χ3n) is 3.20. The molecule has 0 spiro atoms. The summed E-state index contributed by atoms with van der Waals surface area (Å²) in [5.74, 6) is -0.756. The minimum absolute atomic E-state index is 0.0368. The van der Waals surface area contributed by atoms with Gasteiger partial charge in [0, 0.05) is 18.1 Å². The number of amides is 1. The molecule has 0 saturated heterocycles. The van der Waals surface area contributed by atoms with E-state index in [-0.39, 0.29) is 11.6 Å². The van der Waals surface area contributed by atoms with Gasteiger partial charge in [0.2, 0.25) is 0 Å². The number of hydrogen-bond acceptors (Lipinski definition) is 2. The molecule has 0 saturated carbocycles. The lowest BCUT2D eigenvalue weighted by molar-refractivity contribution is 0.0784. The zero-order valence-electron chi connectivity index (χ0n) is 11.9. The molecule has 110 valence electrons. The Morgan fingerprint density at radius 1 is 1.29 bits per heavy atom. The van der Waals surface area contributed by atoms with Crippen molar-refractivity contribution in [2.45, 2.75) is 13.5 Å². The highest BCUT2D eigenvalue weighted by Crippen LogP contribution is 2.24. The first-order chi connectivity index (χ1) is 9.88. The summed E-state index contributed by atoms with van der Waals surface area (Å²) in [6.45, 7) is 2.49. The summed E-state index contributed by atoms with van der Waals surface area (Å²) in [4.78, 5) is 14.0. The summed E-state index contributed by atoms with van der Waals surface area (Å²) in [5, 5.41) is 0. The number of carbonyl (C=O) groups excluding carboxylic acids is 1. The van der Waals surface area contributed by atoms with Crippen LogP contribution in [0.15, 0.2) is 40.9 Å². The summed E-state index contributed by atoms with van der Waals surface area (Å²) in [5.41, 5.74) is 8.04. The number of rotatable bonds is 3. The van der Waals surface area contributed by atoms with Crippen molar-refractivity contribution in [2.75, 3.05) is 12.8 Å². The van der Waals surface area contributed by atoms with Crippen molar-refractivity contribution in [3.05, 3.63) is 63.4 Å². The molecule has 0 aliphatic rings. The Morgan fingerprint density at radius 3 is 2.52 bits per heavy atom. The minimum atomic E-state index is -0.542. The molecular weight excluding hydrogens is 335 g/mol. The van der Waals surface area contributed by atoms with Gasteiger partial charge in [0.05, 0.1) is 11.3 Å². The minimum Gasteiger partial charge on any atom is -0.396 e. The van der Waals surface area contributed by atoms with E-state index in [4.69, 9.17) is 5.73 Å². The summed E-state index contributed by atoms with van der Waals surface area (Å²) in [7, 11) is 1.70. The molecule has 0 aromatic heterocycles. The monoisotopic (exact) mass is 350 g/mol. The predicted molar refractivity (Wildman–Crippen MR) is 85.5 cm³/mol. The van der Waals surface area contributed by atoms with Gasteiger partial charge in [0.25, 0.3) is 5.91 Å². The second-order valence-corrected chi connectivity index (χ2v) is 5.85. The SMILES string of the molecule is Cc1ccc(CN(C)C(=O)c2cc(N)c(F)cc2Br)cc1. The van der Waals surface area contributed by atoms with Crippen LogP contribution in [0.4, 0.5) is 10.1 Å². The maximum absolute atomic E-state index is 13.3. The Kier molecular flexibility index (Phi) is 4.63. The molecule has 3 nitrogen and oxygen atoms in total. The predicted octanol–water partition coefficient (Wildman–Crippen LogP) is 3.75. The van der Waals surface area contributed by atoms with Crippen LogP contribution in [-0.4, -0.2) is 17.9 Å². The Hall–Kier alpha value is -1.88. The molecule has 1 amide bonds. The second-order valence-electron chi connectivity index (χ2n) is 5.00. The maximum Gasteiger partial charge on any atom is 0.255 e. The number of benzene rings is 2. The molecule has 5 heteroatoms. The van der Waals surface area contributed by atoms with Crippen LogP contribution < -0.4 is 5.73 Å². The van der Waals surface area contributed by atoms with Gasteiger partial charge in [-0.1, -0.05) is 29.8 Å². The van der Waals surface area contributed by atoms with Gasteiger partial charge >= 0.3 is 0 Å². The molecule has 0 bridgehead atoms. The molecule has 0 unspecified atom stereocenters. The number of nitrogens with zero attached hydrogens (tertiary/aromatic N) is 1. The number of nitrogens with two attached hydrogens (primary N) is 1. The second kappa shape index (κ2) is 6.26. The van der Waals surface area contributed by atoms with Crippen LogP contribution in [0.2, 0.25) is 0 Å². The molecule has 2 N–H and O–H groups in total. The van der Waals surface area contributed by atoms with E-state index < -0.39 is 5.82 Å². The highest BCUT2D eigenvalue weighted by Gasteiger charge is 2.17. The van der Waals surface area contributed by atoms with Crippen molar-refractivity contribution in [3.8, 4) is 0 Å². The standard InChI is InChI=1S/C16H16BrFN2O/c1-10-3-5-11(6-4-10)9-20(2)16(21)12-7-15(19)14(18)8-13(12)17/h3-8H,9,19H2,1-2H3. The fourth-order valence-electron chi connectivity index (χ4n) is 1.97. The third kappa shape index (κ3) is 3.61. The van der Waals surface area contributed by atoms with E-state index >= 15 is 0 Å². The summed E-state index contributed by atoms with van der Waals surface area (Å²) in [6, 6.07) is 10.5. The molecule has 0 fully saturated rings. The molecule has 2 rings (SSSR count). The molecule has 21 heavy (non-hydrogen) atoms. The molecule has 0 heterocycles. The lowest BCUT2D eigenvalue weighted by atomic mass is 10.1. The van der Waals surface area contributed by atoms with Crippen LogP contribution in [0.5, 0.6) is 0 Å². The van der Waals surface area contributed by atoms with Crippen molar-refractivity contribution in [3.63, 3.8) is 0 Å². The first-order valence-corrected chi connectivity index (χ1v) is 7.23. The Labute approximate surface area is 131 Å². The zero-order chi connectivity index (χ0) is 15.6. The average molecular weight is 351 g/mol. The van der Waals surface area contributed by atoms with Crippen molar-refractivity contribution in [1.82, 2.24) is 4.90 Å². The van der Waals surface area contributed by atoms with Gasteiger partial charge in [-0.15, -0.1) is 0 Å². The van der Waals surface area contributed by atoms with E-state index in [9.17, 15) is 9.18 Å². The summed E-state index contributed by atoms with van der Waals surface area (Å²) < 4.78 is 13.7. The number of aryl methyl sites for hydroxylation is 1. The van der Waals surface area contributed by atoms with Crippen LogP contribution in [0.25, 0.3) is 0 Å². The lowest BCUT2D eigenvalue weighted by Crippen LogP contribution is -2.26. The number of nitrogen functional groups attached to an aromatic ring is 1. The van der Waals surface area contributed by atoms with Gasteiger partial charge in [-0.05, 0) is 40.5 Å². The van der Waals surface area contributed by atoms with Crippen LogP contribution in [0.3, 0.4) is 0 Å². The topological polar surface area (TPSA) is 46.3 Å². The van der Waals surface area contributed by atoms with Gasteiger partial charge in [-0.3, -0.25) is 4.79 Å². The molecule has 2 aromatic carbocycles. The van der Waals surface area contributed by atoms with E-state index in [1.165, 1.54) is 17.7 Å². The van der Waals surface area contributed by atoms with Gasteiger partial charge < -0.3 is 10.6 Å². The zero-order valence-corrected chi connectivity index (χ0v) is 13.4. The molecule has 0 atom stereocenters. The smallest absolute Gasteiger partial charge is 0.255 e. The van der Waals surface area contributed by atoms with Crippen molar-refractivity contribution in [2.24, 2.45) is 0 Å². The Morgan fingerprint density at radius 2 is 1.90 bits per heavy atom. The maximum atomic E-state index is 13.3. The van der Waals surface area contributed by atoms with Crippen molar-refractivity contribution in [1.29, 1.82) is 0 Å². The highest BCUT2D eigenvalue weighted by molar-refractivity contribution is 9.10. The lowest BCUT2D eigenvalue weighted by Gasteiger charge is -2.18. The Balaban J connectivity index is 2.19. The fraction of sp³-hybridized carbons (Fsp3) is 0.188. The van der Waals surface area contributed by atoms with Gasteiger partial charge in [-0.2, -0.15) is 0 Å². The number of halogens is 2. The van der Waals surface area contributed by atoms with Crippen molar-refractivity contribution >= 4 is 27.5 Å². The average Bonchev–Trinajstić information content (AvgIpc) is 2.44.